The summed E-state index contributed by atoms with van der Waals surface area (Å²) in [5.74, 6) is 5.35. The standard InChI is InChI=1S/C9H9ClO2S/c1-13(11,12)9-6-4-2-3-5-8(10)7-9/h5,7H,2-3H2,1H3. The Morgan fingerprint density at radius 1 is 1.54 bits per heavy atom. The summed E-state index contributed by atoms with van der Waals surface area (Å²) < 4.78 is 22.3. The first-order valence-corrected chi connectivity index (χ1v) is 6.03. The molecule has 0 atom stereocenters. The third kappa shape index (κ3) is 3.25. The summed E-state index contributed by atoms with van der Waals surface area (Å²) >= 11 is 5.75. The number of allylic oxidation sites excluding steroid dienone is 4. The minimum Gasteiger partial charge on any atom is -0.223 e. The van der Waals surface area contributed by atoms with Gasteiger partial charge in [0.25, 0.3) is 0 Å². The third-order valence-electron chi connectivity index (χ3n) is 1.49. The van der Waals surface area contributed by atoms with Crippen molar-refractivity contribution in [2.75, 3.05) is 6.26 Å². The summed E-state index contributed by atoms with van der Waals surface area (Å²) in [4.78, 5) is 0.0912. The molecule has 4 heteroatoms. The normalized spacial score (nSPS) is 17.4. The van der Waals surface area contributed by atoms with Crippen molar-refractivity contribution in [2.24, 2.45) is 0 Å². The highest BCUT2D eigenvalue weighted by Crippen LogP contribution is 2.14. The first-order valence-electron chi connectivity index (χ1n) is 3.76. The van der Waals surface area contributed by atoms with Gasteiger partial charge in [-0.05, 0) is 12.5 Å². The summed E-state index contributed by atoms with van der Waals surface area (Å²) in [6.07, 6.45) is 5.69. The molecular formula is C9H9ClO2S. The Morgan fingerprint density at radius 2 is 2.23 bits per heavy atom. The highest BCUT2D eigenvalue weighted by atomic mass is 35.5. The quantitative estimate of drug-likeness (QED) is 0.627. The van der Waals surface area contributed by atoms with Gasteiger partial charge in [-0.15, -0.1) is 0 Å². The van der Waals surface area contributed by atoms with Gasteiger partial charge in [-0.2, -0.15) is 0 Å². The van der Waals surface area contributed by atoms with Crippen LogP contribution < -0.4 is 0 Å². The molecule has 0 bridgehead atoms. The van der Waals surface area contributed by atoms with Crippen molar-refractivity contribution in [1.29, 1.82) is 0 Å². The molecule has 0 radical (unpaired) electrons. The maximum Gasteiger partial charge on any atom is 0.183 e. The molecule has 0 N–H and O–H groups in total. The van der Waals surface area contributed by atoms with Crippen LogP contribution in [0.2, 0.25) is 0 Å². The van der Waals surface area contributed by atoms with Gasteiger partial charge >= 0.3 is 0 Å². The molecule has 0 aromatic carbocycles. The number of rotatable bonds is 1. The summed E-state index contributed by atoms with van der Waals surface area (Å²) in [5.41, 5.74) is 0. The second-order valence-corrected chi connectivity index (χ2v) is 5.13. The Balaban J connectivity index is 3.18. The van der Waals surface area contributed by atoms with Crippen molar-refractivity contribution in [2.45, 2.75) is 12.8 Å². The van der Waals surface area contributed by atoms with Gasteiger partial charge in [-0.1, -0.05) is 29.5 Å². The minimum absolute atomic E-state index is 0.0912. The molecule has 0 saturated carbocycles. The summed E-state index contributed by atoms with van der Waals surface area (Å²) in [7, 11) is -3.24. The van der Waals surface area contributed by atoms with Crippen molar-refractivity contribution >= 4 is 21.4 Å². The van der Waals surface area contributed by atoms with E-state index >= 15 is 0 Å². The molecule has 0 fully saturated rings. The van der Waals surface area contributed by atoms with E-state index in [9.17, 15) is 8.42 Å². The molecule has 0 spiro atoms. The van der Waals surface area contributed by atoms with Crippen LogP contribution in [0.15, 0.2) is 22.1 Å². The monoisotopic (exact) mass is 216 g/mol. The second kappa shape index (κ2) is 3.99. The Bertz CT molecular complexity index is 418. The lowest BCUT2D eigenvalue weighted by Gasteiger charge is -1.98. The molecule has 0 aromatic rings. The lowest BCUT2D eigenvalue weighted by Crippen LogP contribution is -1.99. The first kappa shape index (κ1) is 10.4. The van der Waals surface area contributed by atoms with E-state index in [1.54, 1.807) is 6.08 Å². The van der Waals surface area contributed by atoms with Crippen LogP contribution in [0.3, 0.4) is 0 Å². The highest BCUT2D eigenvalue weighted by molar-refractivity contribution is 7.94. The first-order chi connectivity index (χ1) is 6.00. The fourth-order valence-corrected chi connectivity index (χ4v) is 1.73. The highest BCUT2D eigenvalue weighted by Gasteiger charge is 2.09. The van der Waals surface area contributed by atoms with Crippen LogP contribution >= 0.6 is 11.6 Å². The average molecular weight is 217 g/mol. The fraction of sp³-hybridized carbons (Fsp3) is 0.333. The molecule has 0 amide bonds. The molecule has 0 heterocycles. The fourth-order valence-electron chi connectivity index (χ4n) is 0.852. The van der Waals surface area contributed by atoms with Crippen LogP contribution in [-0.2, 0) is 9.84 Å². The molecule has 70 valence electrons. The molecule has 1 rings (SSSR count). The van der Waals surface area contributed by atoms with Crippen LogP contribution in [0.1, 0.15) is 12.8 Å². The lowest BCUT2D eigenvalue weighted by atomic mass is 10.2. The van der Waals surface area contributed by atoms with E-state index in [4.69, 9.17) is 11.6 Å². The summed E-state index contributed by atoms with van der Waals surface area (Å²) in [5, 5.41) is 0.439. The van der Waals surface area contributed by atoms with E-state index in [-0.39, 0.29) is 4.91 Å². The molecule has 0 unspecified atom stereocenters. The Hall–Kier alpha value is -0.720. The molecule has 0 aliphatic heterocycles. The van der Waals surface area contributed by atoms with Gasteiger partial charge in [0.05, 0.1) is 0 Å². The summed E-state index contributed by atoms with van der Waals surface area (Å²) in [6, 6.07) is 0. The van der Waals surface area contributed by atoms with E-state index in [0.717, 1.165) is 12.7 Å². The molecular weight excluding hydrogens is 208 g/mol. The van der Waals surface area contributed by atoms with E-state index in [2.05, 4.69) is 11.8 Å². The van der Waals surface area contributed by atoms with E-state index in [1.165, 1.54) is 6.08 Å². The van der Waals surface area contributed by atoms with Crippen molar-refractivity contribution in [1.82, 2.24) is 0 Å². The van der Waals surface area contributed by atoms with Crippen LogP contribution in [0, 0.1) is 11.8 Å². The largest absolute Gasteiger partial charge is 0.223 e. The average Bonchev–Trinajstić information content (AvgIpc) is 1.94. The van der Waals surface area contributed by atoms with E-state index < -0.39 is 9.84 Å². The minimum atomic E-state index is -3.24. The van der Waals surface area contributed by atoms with Crippen LogP contribution in [0.25, 0.3) is 0 Å². The van der Waals surface area contributed by atoms with Gasteiger partial charge in [0.2, 0.25) is 0 Å². The molecule has 2 nitrogen and oxygen atoms in total. The smallest absolute Gasteiger partial charge is 0.183 e. The van der Waals surface area contributed by atoms with Crippen LogP contribution in [0.4, 0.5) is 0 Å². The van der Waals surface area contributed by atoms with Gasteiger partial charge in [-0.25, -0.2) is 8.42 Å². The predicted molar refractivity (Wildman–Crippen MR) is 53.9 cm³/mol. The topological polar surface area (TPSA) is 34.1 Å². The van der Waals surface area contributed by atoms with Gasteiger partial charge in [0, 0.05) is 17.7 Å². The van der Waals surface area contributed by atoms with Crippen molar-refractivity contribution in [3.05, 3.63) is 22.1 Å². The number of sulfone groups is 1. The van der Waals surface area contributed by atoms with Crippen molar-refractivity contribution in [3.63, 3.8) is 0 Å². The van der Waals surface area contributed by atoms with E-state index in [0.29, 0.717) is 11.5 Å². The molecule has 1 aliphatic rings. The SMILES string of the molecule is CS(=O)(=O)C1=CC(Cl)=CCCC#C1. The van der Waals surface area contributed by atoms with Crippen LogP contribution in [-0.4, -0.2) is 14.7 Å². The van der Waals surface area contributed by atoms with Gasteiger partial charge in [0.15, 0.2) is 9.84 Å². The second-order valence-electron chi connectivity index (χ2n) is 2.71. The maximum absolute atomic E-state index is 11.1. The van der Waals surface area contributed by atoms with Crippen molar-refractivity contribution < 1.29 is 8.42 Å². The molecule has 0 saturated heterocycles. The number of hydrogen-bond donors (Lipinski definition) is 0. The van der Waals surface area contributed by atoms with Gasteiger partial charge < -0.3 is 0 Å². The third-order valence-corrected chi connectivity index (χ3v) is 2.77. The van der Waals surface area contributed by atoms with Crippen molar-refractivity contribution in [3.8, 4) is 11.8 Å². The maximum atomic E-state index is 11.1. The number of hydrogen-bond acceptors (Lipinski definition) is 2. The number of halogens is 1. The zero-order chi connectivity index (χ0) is 9.90. The van der Waals surface area contributed by atoms with Crippen LogP contribution in [0.5, 0.6) is 0 Å². The van der Waals surface area contributed by atoms with Gasteiger partial charge in [0.1, 0.15) is 4.91 Å². The Kier molecular flexibility index (Phi) is 3.18. The molecule has 13 heavy (non-hydrogen) atoms. The van der Waals surface area contributed by atoms with E-state index in [1.807, 2.05) is 0 Å². The Morgan fingerprint density at radius 3 is 2.85 bits per heavy atom. The molecule has 1 aliphatic carbocycles. The predicted octanol–water partition coefficient (Wildman–Crippen LogP) is 1.83. The lowest BCUT2D eigenvalue weighted by molar-refractivity contribution is 0.608. The Labute approximate surface area is 83.2 Å². The summed E-state index contributed by atoms with van der Waals surface area (Å²) in [6.45, 7) is 0. The zero-order valence-corrected chi connectivity index (χ0v) is 8.74. The molecule has 0 aromatic heterocycles. The van der Waals surface area contributed by atoms with Gasteiger partial charge in [-0.3, -0.25) is 0 Å². The zero-order valence-electron chi connectivity index (χ0n) is 7.17.